The molecule has 0 aliphatic carbocycles. The highest BCUT2D eigenvalue weighted by molar-refractivity contribution is 5.71. The third-order valence-corrected chi connectivity index (χ3v) is 0.886. The predicted molar refractivity (Wildman–Crippen MR) is 30.2 cm³/mol. The zero-order chi connectivity index (χ0) is 7.44. The van der Waals surface area contributed by atoms with Crippen LogP contribution in [0.4, 0.5) is 4.79 Å². The van der Waals surface area contributed by atoms with Crippen molar-refractivity contribution in [2.45, 2.75) is 13.2 Å². The fourth-order valence-corrected chi connectivity index (χ4v) is 0.372. The second-order valence-electron chi connectivity index (χ2n) is 1.58. The van der Waals surface area contributed by atoms with Gasteiger partial charge in [0, 0.05) is 0 Å². The van der Waals surface area contributed by atoms with Crippen LogP contribution in [0.25, 0.3) is 0 Å². The molecule has 5 nitrogen and oxygen atoms in total. The SMILES string of the molecule is CC(O)N(CO)C(N)=O. The van der Waals surface area contributed by atoms with Gasteiger partial charge in [-0.25, -0.2) is 4.79 Å². The fraction of sp³-hybridized carbons (Fsp3) is 0.750. The Kier molecular flexibility index (Phi) is 2.97. The summed E-state index contributed by atoms with van der Waals surface area (Å²) >= 11 is 0. The molecule has 0 aliphatic rings. The maximum absolute atomic E-state index is 10.2. The van der Waals surface area contributed by atoms with Crippen LogP contribution in [0.15, 0.2) is 0 Å². The van der Waals surface area contributed by atoms with Gasteiger partial charge < -0.3 is 15.9 Å². The van der Waals surface area contributed by atoms with Crippen LogP contribution in [-0.2, 0) is 0 Å². The Morgan fingerprint density at radius 3 is 2.33 bits per heavy atom. The number of carbonyl (C=O) groups is 1. The first-order valence-corrected chi connectivity index (χ1v) is 2.44. The van der Waals surface area contributed by atoms with E-state index in [0.717, 1.165) is 0 Å². The smallest absolute Gasteiger partial charge is 0.318 e. The van der Waals surface area contributed by atoms with E-state index in [4.69, 9.17) is 15.9 Å². The van der Waals surface area contributed by atoms with Gasteiger partial charge in [0.25, 0.3) is 0 Å². The molecule has 1 atom stereocenters. The minimum atomic E-state index is -1.03. The van der Waals surface area contributed by atoms with Crippen molar-refractivity contribution >= 4 is 6.03 Å². The van der Waals surface area contributed by atoms with E-state index < -0.39 is 19.0 Å². The summed E-state index contributed by atoms with van der Waals surface area (Å²) in [4.78, 5) is 10.9. The summed E-state index contributed by atoms with van der Waals surface area (Å²) in [6.07, 6.45) is -1.03. The summed E-state index contributed by atoms with van der Waals surface area (Å²) in [5, 5.41) is 17.0. The Balaban J connectivity index is 3.83. The zero-order valence-corrected chi connectivity index (χ0v) is 5.11. The predicted octanol–water partition coefficient (Wildman–Crippen LogP) is -1.34. The molecule has 0 saturated heterocycles. The van der Waals surface area contributed by atoms with Crippen molar-refractivity contribution in [3.63, 3.8) is 0 Å². The van der Waals surface area contributed by atoms with Crippen LogP contribution in [0.5, 0.6) is 0 Å². The van der Waals surface area contributed by atoms with Gasteiger partial charge in [-0.05, 0) is 6.92 Å². The van der Waals surface area contributed by atoms with Crippen LogP contribution in [0.1, 0.15) is 6.92 Å². The molecule has 2 amide bonds. The van der Waals surface area contributed by atoms with Gasteiger partial charge in [-0.2, -0.15) is 0 Å². The number of hydrogen-bond donors (Lipinski definition) is 3. The molecule has 9 heavy (non-hydrogen) atoms. The normalized spacial score (nSPS) is 12.8. The lowest BCUT2D eigenvalue weighted by atomic mass is 10.6. The Hall–Kier alpha value is -0.810. The lowest BCUT2D eigenvalue weighted by molar-refractivity contribution is -0.000664. The minimum absolute atomic E-state index is 0.562. The molecule has 54 valence electrons. The first-order valence-electron chi connectivity index (χ1n) is 2.44. The number of nitrogens with zero attached hydrogens (tertiary/aromatic N) is 1. The molecule has 0 radical (unpaired) electrons. The lowest BCUT2D eigenvalue weighted by Gasteiger charge is -2.19. The van der Waals surface area contributed by atoms with Crippen molar-refractivity contribution in [1.82, 2.24) is 4.90 Å². The van der Waals surface area contributed by atoms with Crippen molar-refractivity contribution in [2.24, 2.45) is 5.73 Å². The van der Waals surface area contributed by atoms with Gasteiger partial charge >= 0.3 is 6.03 Å². The monoisotopic (exact) mass is 134 g/mol. The number of aliphatic hydroxyl groups is 2. The highest BCUT2D eigenvalue weighted by atomic mass is 16.3. The summed E-state index contributed by atoms with van der Waals surface area (Å²) in [5.74, 6) is 0. The number of primary amides is 1. The first-order chi connectivity index (χ1) is 4.09. The molecule has 0 fully saturated rings. The fourth-order valence-electron chi connectivity index (χ4n) is 0.372. The topological polar surface area (TPSA) is 86.8 Å². The number of rotatable bonds is 2. The van der Waals surface area contributed by atoms with E-state index >= 15 is 0 Å². The van der Waals surface area contributed by atoms with Gasteiger partial charge in [-0.15, -0.1) is 0 Å². The third-order valence-electron chi connectivity index (χ3n) is 0.886. The number of hydrogen-bond acceptors (Lipinski definition) is 3. The molecule has 5 heteroatoms. The van der Waals surface area contributed by atoms with Gasteiger partial charge in [0.1, 0.15) is 13.0 Å². The maximum atomic E-state index is 10.2. The molecule has 4 N–H and O–H groups in total. The number of aliphatic hydroxyl groups excluding tert-OH is 2. The van der Waals surface area contributed by atoms with Gasteiger partial charge in [0.15, 0.2) is 0 Å². The standard InChI is InChI=1S/C4H10N2O3/c1-3(8)6(2-7)4(5)9/h3,7-8H,2H2,1H3,(H2,5,9). The zero-order valence-electron chi connectivity index (χ0n) is 5.11. The van der Waals surface area contributed by atoms with E-state index in [0.29, 0.717) is 4.90 Å². The van der Waals surface area contributed by atoms with Crippen molar-refractivity contribution in [3.05, 3.63) is 0 Å². The molecule has 0 aromatic carbocycles. The number of urea groups is 1. The Bertz CT molecular complexity index is 104. The van der Waals surface area contributed by atoms with Crippen LogP contribution in [0.2, 0.25) is 0 Å². The quantitative estimate of drug-likeness (QED) is 0.408. The summed E-state index contributed by atoms with van der Waals surface area (Å²) in [5.41, 5.74) is 4.72. The van der Waals surface area contributed by atoms with E-state index in [-0.39, 0.29) is 0 Å². The molecule has 0 heterocycles. The molecule has 0 aliphatic heterocycles. The highest BCUT2D eigenvalue weighted by Gasteiger charge is 2.11. The molecule has 0 rings (SSSR count). The lowest BCUT2D eigenvalue weighted by Crippen LogP contribution is -2.42. The number of nitrogens with two attached hydrogens (primary N) is 1. The summed E-state index contributed by atoms with van der Waals surface area (Å²) in [6, 6.07) is -0.840. The third kappa shape index (κ3) is 2.29. The molecule has 0 bridgehead atoms. The van der Waals surface area contributed by atoms with Crippen LogP contribution in [0.3, 0.4) is 0 Å². The van der Waals surface area contributed by atoms with Crippen molar-refractivity contribution < 1.29 is 15.0 Å². The van der Waals surface area contributed by atoms with Crippen LogP contribution < -0.4 is 5.73 Å². The summed E-state index contributed by atoms with van der Waals surface area (Å²) < 4.78 is 0. The second-order valence-corrected chi connectivity index (χ2v) is 1.58. The van der Waals surface area contributed by atoms with Crippen LogP contribution in [-0.4, -0.2) is 34.1 Å². The molecule has 0 aromatic heterocycles. The Morgan fingerprint density at radius 1 is 1.89 bits per heavy atom. The molecule has 0 saturated carbocycles. The second kappa shape index (κ2) is 3.26. The van der Waals surface area contributed by atoms with E-state index in [1.807, 2.05) is 0 Å². The average Bonchev–Trinajstić information content (AvgIpc) is 1.64. The first kappa shape index (κ1) is 8.19. The minimum Gasteiger partial charge on any atom is -0.376 e. The maximum Gasteiger partial charge on any atom is 0.318 e. The van der Waals surface area contributed by atoms with Crippen molar-refractivity contribution in [2.75, 3.05) is 6.73 Å². The van der Waals surface area contributed by atoms with E-state index in [2.05, 4.69) is 0 Å². The van der Waals surface area contributed by atoms with Crippen molar-refractivity contribution in [3.8, 4) is 0 Å². The molecular formula is C4H10N2O3. The van der Waals surface area contributed by atoms with Gasteiger partial charge in [0.05, 0.1) is 0 Å². The van der Waals surface area contributed by atoms with Crippen molar-refractivity contribution in [1.29, 1.82) is 0 Å². The van der Waals surface area contributed by atoms with Gasteiger partial charge in [0.2, 0.25) is 0 Å². The van der Waals surface area contributed by atoms with E-state index in [1.165, 1.54) is 6.92 Å². The molecule has 1 unspecified atom stereocenters. The van der Waals surface area contributed by atoms with Crippen LogP contribution in [0, 0.1) is 0 Å². The van der Waals surface area contributed by atoms with Crippen LogP contribution >= 0.6 is 0 Å². The van der Waals surface area contributed by atoms with E-state index in [1.54, 1.807) is 0 Å². The van der Waals surface area contributed by atoms with Gasteiger partial charge in [-0.1, -0.05) is 0 Å². The Labute approximate surface area is 52.7 Å². The molecule has 0 aromatic rings. The van der Waals surface area contributed by atoms with E-state index in [9.17, 15) is 4.79 Å². The molecule has 0 spiro atoms. The Morgan fingerprint density at radius 2 is 2.33 bits per heavy atom. The largest absolute Gasteiger partial charge is 0.376 e. The average molecular weight is 134 g/mol. The number of amides is 2. The van der Waals surface area contributed by atoms with Gasteiger partial charge in [-0.3, -0.25) is 4.90 Å². The highest BCUT2D eigenvalue weighted by Crippen LogP contribution is 1.90. The molecular weight excluding hydrogens is 124 g/mol. The summed E-state index contributed by atoms with van der Waals surface area (Å²) in [6.45, 7) is 0.772. The number of carbonyl (C=O) groups excluding carboxylic acids is 1. The summed E-state index contributed by atoms with van der Waals surface area (Å²) in [7, 11) is 0.